The lowest BCUT2D eigenvalue weighted by molar-refractivity contribution is -0.139. The highest BCUT2D eigenvalue weighted by Gasteiger charge is 2.25. The highest BCUT2D eigenvalue weighted by atomic mass is 79.9. The van der Waals surface area contributed by atoms with Gasteiger partial charge in [-0.25, -0.2) is 0 Å². The first kappa shape index (κ1) is 61.4. The molecule has 1 aromatic rings. The molecule has 62 heavy (non-hydrogen) atoms. The first-order chi connectivity index (χ1) is 29.2. The topological polar surface area (TPSA) is 398 Å². The molecule has 0 aliphatic rings. The molecule has 3 amide bonds. The number of nitrogens with zero attached hydrogens (tertiary/aromatic N) is 1. The van der Waals surface area contributed by atoms with E-state index in [4.69, 9.17) is 46.6 Å². The Hall–Kier alpha value is -4.92. The zero-order valence-electron chi connectivity index (χ0n) is 34.0. The largest absolute Gasteiger partial charge is 0.481 e. The number of carbonyl (C=O) groups is 9. The molecule has 0 fully saturated rings. The van der Waals surface area contributed by atoms with Crippen LogP contribution in [0.1, 0.15) is 89.9 Å². The molecule has 0 bridgehead atoms. The van der Waals surface area contributed by atoms with Gasteiger partial charge in [-0.3, -0.25) is 48.4 Å². The number of hydroxylamine groups is 1. The molecule has 0 saturated carbocycles. The molecule has 0 saturated heterocycles. The Bertz CT molecular complexity index is 1410. The van der Waals surface area contributed by atoms with Crippen molar-refractivity contribution in [1.82, 2.24) is 10.6 Å². The second-order valence-corrected chi connectivity index (χ2v) is 14.4. The lowest BCUT2D eigenvalue weighted by Gasteiger charge is -2.19. The molecule has 0 aliphatic heterocycles. The van der Waals surface area contributed by atoms with Crippen LogP contribution in [0.5, 0.6) is 0 Å². The summed E-state index contributed by atoms with van der Waals surface area (Å²) < 4.78 is 5.36. The van der Waals surface area contributed by atoms with Gasteiger partial charge in [-0.05, 0) is 56.4 Å². The third kappa shape index (κ3) is 41.8. The van der Waals surface area contributed by atoms with Crippen LogP contribution in [-0.4, -0.2) is 150 Å². The van der Waals surface area contributed by atoms with E-state index >= 15 is 0 Å². The van der Waals surface area contributed by atoms with Crippen molar-refractivity contribution in [2.45, 2.75) is 102 Å². The standard InChI is InChI=1S/C17H21BrN4O8S.2C8H14O4.C4H10O3/c18-9-1-3-10(4-2-9)22(30)17(29)31-8-12(15(26)20-7-14(24)25)21-13(23)6-5-11(19)16(27)28;2*9-7(10)5-3-1-2-4-6-8(11)12;5-1-3-7-4-2-6/h1-4,11-12,30H,5-8,19H2,(H,20,26)(H,21,23)(H,24,25)(H,27,28);2*1-6H2,(H,9,10)(H,11,12);5-6H,1-4H2/t11-,12-;;;/m0.../s1. The van der Waals surface area contributed by atoms with Gasteiger partial charge in [0.05, 0.1) is 32.1 Å². The number of amides is 3. The lowest BCUT2D eigenvalue weighted by Crippen LogP contribution is -2.50. The van der Waals surface area contributed by atoms with Gasteiger partial charge < -0.3 is 62.0 Å². The smallest absolute Gasteiger partial charge is 0.322 e. The van der Waals surface area contributed by atoms with Crippen LogP contribution in [0.4, 0.5) is 10.5 Å². The van der Waals surface area contributed by atoms with Gasteiger partial charge in [-0.15, -0.1) is 0 Å². The van der Waals surface area contributed by atoms with Gasteiger partial charge in [0, 0.05) is 42.3 Å². The van der Waals surface area contributed by atoms with Gasteiger partial charge in [0.2, 0.25) is 11.8 Å². The summed E-state index contributed by atoms with van der Waals surface area (Å²) in [6.07, 6.45) is 6.07. The number of halogens is 1. The number of rotatable bonds is 29. The lowest BCUT2D eigenvalue weighted by atomic mass is 10.1. The molecule has 0 aliphatic carbocycles. The Balaban J connectivity index is -0.000000914. The van der Waals surface area contributed by atoms with Crippen LogP contribution in [0, 0.1) is 0 Å². The molecule has 0 aromatic heterocycles. The van der Waals surface area contributed by atoms with E-state index < -0.39 is 71.5 Å². The number of aliphatic carboxylic acids is 6. The van der Waals surface area contributed by atoms with E-state index in [1.807, 2.05) is 0 Å². The molecule has 1 aromatic carbocycles. The predicted molar refractivity (Wildman–Crippen MR) is 225 cm³/mol. The monoisotopic (exact) mass is 974 g/mol. The summed E-state index contributed by atoms with van der Waals surface area (Å²) in [7, 11) is 0. The van der Waals surface area contributed by atoms with E-state index in [1.54, 1.807) is 12.1 Å². The minimum absolute atomic E-state index is 0.0278. The highest BCUT2D eigenvalue weighted by molar-refractivity contribution is 9.10. The second-order valence-electron chi connectivity index (χ2n) is 12.5. The zero-order valence-corrected chi connectivity index (χ0v) is 36.4. The molecule has 0 unspecified atom stereocenters. The van der Waals surface area contributed by atoms with E-state index in [2.05, 4.69) is 31.3 Å². The summed E-state index contributed by atoms with van der Waals surface area (Å²) in [5.74, 6) is -7.65. The summed E-state index contributed by atoms with van der Waals surface area (Å²) in [4.78, 5) is 98.0. The summed E-state index contributed by atoms with van der Waals surface area (Å²) in [5.41, 5.74) is 5.49. The van der Waals surface area contributed by atoms with Gasteiger partial charge in [-0.1, -0.05) is 53.4 Å². The second kappa shape index (κ2) is 40.2. The van der Waals surface area contributed by atoms with Gasteiger partial charge in [0.15, 0.2) is 0 Å². The Kier molecular flexibility index (Phi) is 39.8. The van der Waals surface area contributed by atoms with Crippen molar-refractivity contribution in [1.29, 1.82) is 0 Å². The van der Waals surface area contributed by atoms with Gasteiger partial charge in [-0.2, -0.15) is 5.06 Å². The summed E-state index contributed by atoms with van der Waals surface area (Å²) >= 11 is 3.73. The highest BCUT2D eigenvalue weighted by Crippen LogP contribution is 2.21. The van der Waals surface area contributed by atoms with Gasteiger partial charge >= 0.3 is 41.1 Å². The summed E-state index contributed by atoms with van der Waals surface area (Å²) in [5, 5.41) is 80.6. The third-order valence-electron chi connectivity index (χ3n) is 7.22. The molecule has 2 atom stereocenters. The molecule has 0 spiro atoms. The molecule has 23 nitrogen and oxygen atoms in total. The maximum Gasteiger partial charge on any atom is 0.322 e. The average molecular weight is 976 g/mol. The van der Waals surface area contributed by atoms with Crippen LogP contribution >= 0.6 is 27.7 Å². The first-order valence-electron chi connectivity index (χ1n) is 19.0. The average Bonchev–Trinajstić information content (AvgIpc) is 3.20. The summed E-state index contributed by atoms with van der Waals surface area (Å²) in [6.45, 7) is -0.0140. The first-order valence-corrected chi connectivity index (χ1v) is 20.8. The van der Waals surface area contributed by atoms with Crippen molar-refractivity contribution < 1.29 is 93.9 Å². The van der Waals surface area contributed by atoms with Crippen LogP contribution in [-0.2, 0) is 43.1 Å². The molecule has 1 rings (SSSR count). The number of carboxylic acid groups (broad SMARTS) is 6. The number of unbranched alkanes of at least 4 members (excludes halogenated alkanes) is 6. The number of aliphatic hydroxyl groups excluding tert-OH is 2. The minimum Gasteiger partial charge on any atom is -0.481 e. The van der Waals surface area contributed by atoms with Crippen LogP contribution in [0.25, 0.3) is 0 Å². The maximum atomic E-state index is 12.2. The SMILES string of the molecule is N[C@@H](CCC(=O)N[C@@H](CSC(=O)N(O)c1ccc(Br)cc1)C(=O)NCC(=O)O)C(=O)O.O=C(O)CCCCCCC(=O)O.O=C(O)CCCCCCC(=O)O.OCCOCCO. The number of aliphatic hydroxyl groups is 2. The molecule has 25 heteroatoms. The van der Waals surface area contributed by atoms with Crippen LogP contribution in [0.2, 0.25) is 0 Å². The van der Waals surface area contributed by atoms with E-state index in [1.165, 1.54) is 12.1 Å². The quantitative estimate of drug-likeness (QED) is 0.0311. The molecule has 0 radical (unpaired) electrons. The third-order valence-corrected chi connectivity index (χ3v) is 8.67. The Morgan fingerprint density at radius 1 is 0.661 bits per heavy atom. The number of benzene rings is 1. The number of nitrogens with one attached hydrogen (secondary N) is 2. The fourth-order valence-corrected chi connectivity index (χ4v) is 5.13. The number of nitrogens with two attached hydrogens (primary N) is 1. The van der Waals surface area contributed by atoms with Crippen molar-refractivity contribution >= 4 is 86.2 Å². The van der Waals surface area contributed by atoms with Crippen molar-refractivity contribution in [2.24, 2.45) is 5.73 Å². The fraction of sp³-hybridized carbons (Fsp3) is 0.595. The van der Waals surface area contributed by atoms with Gasteiger partial charge in [0.1, 0.15) is 18.6 Å². The Labute approximate surface area is 370 Å². The van der Waals surface area contributed by atoms with E-state index in [0.717, 1.165) is 30.2 Å². The van der Waals surface area contributed by atoms with Crippen molar-refractivity contribution in [2.75, 3.05) is 43.8 Å². The molecule has 0 heterocycles. The maximum absolute atomic E-state index is 12.2. The molecule has 13 N–H and O–H groups in total. The van der Waals surface area contributed by atoms with E-state index in [0.29, 0.717) is 55.7 Å². The number of hydrogen-bond donors (Lipinski definition) is 12. The molecule has 354 valence electrons. The Morgan fingerprint density at radius 3 is 1.44 bits per heavy atom. The molecular weight excluding hydrogens is 916 g/mol. The number of ether oxygens (including phenoxy) is 1. The summed E-state index contributed by atoms with van der Waals surface area (Å²) in [6, 6.07) is 3.54. The van der Waals surface area contributed by atoms with Crippen molar-refractivity contribution in [3.8, 4) is 0 Å². The Morgan fingerprint density at radius 2 is 1.08 bits per heavy atom. The zero-order chi connectivity index (χ0) is 47.9. The fourth-order valence-electron chi connectivity index (χ4n) is 4.09. The van der Waals surface area contributed by atoms with E-state index in [-0.39, 0.29) is 63.2 Å². The number of carbonyl (C=O) groups excluding carboxylic acids is 3. The van der Waals surface area contributed by atoms with Crippen molar-refractivity contribution in [3.63, 3.8) is 0 Å². The predicted octanol–water partition coefficient (Wildman–Crippen LogP) is 2.36. The normalized spacial score (nSPS) is 11.0. The van der Waals surface area contributed by atoms with Crippen LogP contribution < -0.4 is 21.4 Å². The van der Waals surface area contributed by atoms with Crippen LogP contribution in [0.15, 0.2) is 28.7 Å². The number of carboxylic acids is 6. The van der Waals surface area contributed by atoms with Crippen LogP contribution in [0.3, 0.4) is 0 Å². The van der Waals surface area contributed by atoms with Gasteiger partial charge in [0.25, 0.3) is 0 Å². The molecular formula is C37H59BrN4O19S. The number of anilines is 1. The number of thioether (sulfide) groups is 1. The minimum atomic E-state index is -1.32. The van der Waals surface area contributed by atoms with E-state index in [9.17, 15) is 48.4 Å². The number of hydrogen-bond acceptors (Lipinski definition) is 15. The van der Waals surface area contributed by atoms with Crippen molar-refractivity contribution in [3.05, 3.63) is 28.7 Å².